The zero-order valence-corrected chi connectivity index (χ0v) is 14.2. The molecule has 2 saturated heterocycles. The topological polar surface area (TPSA) is 49.4 Å². The van der Waals surface area contributed by atoms with Crippen LogP contribution in [0.3, 0.4) is 0 Å². The van der Waals surface area contributed by atoms with E-state index in [9.17, 15) is 8.42 Å². The molecule has 1 aromatic rings. The Kier molecular flexibility index (Phi) is 3.62. The Labute approximate surface area is 127 Å². The van der Waals surface area contributed by atoms with E-state index in [-0.39, 0.29) is 6.04 Å². The molecule has 1 N–H and O–H groups in total. The SMILES string of the molecule is O=S(=O)(c1cc(Br)sc1Br)N1CC[C@@H]2CNC[C@@H]21. The zero-order chi connectivity index (χ0) is 12.9. The lowest BCUT2D eigenvalue weighted by molar-refractivity contribution is 0.383. The molecule has 100 valence electrons. The van der Waals surface area contributed by atoms with Crippen LogP contribution < -0.4 is 5.32 Å². The molecular weight excluding hydrogens is 404 g/mol. The number of halogens is 2. The number of fused-ring (bicyclic) bond motifs is 1. The Morgan fingerprint density at radius 2 is 2.17 bits per heavy atom. The van der Waals surface area contributed by atoms with Crippen LogP contribution in [0.1, 0.15) is 6.42 Å². The number of rotatable bonds is 2. The molecule has 2 aliphatic rings. The van der Waals surface area contributed by atoms with Gasteiger partial charge in [-0.15, -0.1) is 11.3 Å². The Hall–Kier alpha value is 0.530. The van der Waals surface area contributed by atoms with Crippen LogP contribution in [0, 0.1) is 5.92 Å². The van der Waals surface area contributed by atoms with Crippen LogP contribution in [0.15, 0.2) is 18.5 Å². The first-order valence-corrected chi connectivity index (χ1v) is 9.52. The van der Waals surface area contributed by atoms with E-state index in [1.54, 1.807) is 10.4 Å². The van der Waals surface area contributed by atoms with Crippen molar-refractivity contribution in [2.75, 3.05) is 19.6 Å². The molecule has 0 bridgehead atoms. The fourth-order valence-electron chi connectivity index (χ4n) is 2.74. The lowest BCUT2D eigenvalue weighted by Gasteiger charge is -2.22. The van der Waals surface area contributed by atoms with E-state index in [0.717, 1.165) is 23.3 Å². The molecule has 8 heteroatoms. The lowest BCUT2D eigenvalue weighted by Crippen LogP contribution is -2.38. The van der Waals surface area contributed by atoms with Crippen LogP contribution in [0.5, 0.6) is 0 Å². The summed E-state index contributed by atoms with van der Waals surface area (Å²) in [4.78, 5) is 0.381. The van der Waals surface area contributed by atoms with Crippen molar-refractivity contribution >= 4 is 53.2 Å². The molecule has 0 aromatic carbocycles. The van der Waals surface area contributed by atoms with E-state index in [0.29, 0.717) is 21.1 Å². The van der Waals surface area contributed by atoms with Gasteiger partial charge in [0, 0.05) is 19.1 Å². The van der Waals surface area contributed by atoms with E-state index >= 15 is 0 Å². The fraction of sp³-hybridized carbons (Fsp3) is 0.600. The molecule has 0 unspecified atom stereocenters. The standard InChI is InChI=1S/C10H12Br2N2O2S2/c11-9-3-8(10(12)17-9)18(15,16)14-2-1-6-4-13-5-7(6)14/h3,6-7,13H,1-2,4-5H2/t6-,7+/m1/s1. The van der Waals surface area contributed by atoms with Gasteiger partial charge in [0.2, 0.25) is 10.0 Å². The Morgan fingerprint density at radius 1 is 1.39 bits per heavy atom. The summed E-state index contributed by atoms with van der Waals surface area (Å²) in [5, 5.41) is 3.27. The van der Waals surface area contributed by atoms with Gasteiger partial charge in [-0.1, -0.05) is 0 Å². The van der Waals surface area contributed by atoms with Crippen LogP contribution in [-0.2, 0) is 10.0 Å². The summed E-state index contributed by atoms with van der Waals surface area (Å²) < 4.78 is 28.5. The average molecular weight is 416 g/mol. The van der Waals surface area contributed by atoms with E-state index in [1.165, 1.54) is 11.3 Å². The van der Waals surface area contributed by atoms with Crippen molar-refractivity contribution in [2.24, 2.45) is 5.92 Å². The fourth-order valence-corrected chi connectivity index (χ4v) is 8.20. The smallest absolute Gasteiger partial charge is 0.245 e. The number of nitrogens with one attached hydrogen (secondary N) is 1. The maximum Gasteiger partial charge on any atom is 0.245 e. The van der Waals surface area contributed by atoms with Gasteiger partial charge in [0.25, 0.3) is 0 Å². The summed E-state index contributed by atoms with van der Waals surface area (Å²) in [6, 6.07) is 1.81. The second-order valence-corrected chi connectivity index (χ2v) is 10.2. The highest BCUT2D eigenvalue weighted by Gasteiger charge is 2.44. The van der Waals surface area contributed by atoms with Gasteiger partial charge in [-0.05, 0) is 56.8 Å². The molecule has 3 rings (SSSR count). The highest BCUT2D eigenvalue weighted by Crippen LogP contribution is 2.39. The normalized spacial score (nSPS) is 28.8. The Morgan fingerprint density at radius 3 is 2.83 bits per heavy atom. The molecule has 0 spiro atoms. The van der Waals surface area contributed by atoms with Crippen LogP contribution in [0.4, 0.5) is 0 Å². The van der Waals surface area contributed by atoms with E-state index in [1.807, 2.05) is 0 Å². The van der Waals surface area contributed by atoms with E-state index in [2.05, 4.69) is 37.2 Å². The maximum absolute atomic E-state index is 12.7. The maximum atomic E-state index is 12.7. The van der Waals surface area contributed by atoms with Gasteiger partial charge in [-0.3, -0.25) is 0 Å². The van der Waals surface area contributed by atoms with Crippen molar-refractivity contribution in [3.63, 3.8) is 0 Å². The minimum absolute atomic E-state index is 0.126. The Balaban J connectivity index is 1.98. The highest BCUT2D eigenvalue weighted by molar-refractivity contribution is 9.12. The minimum Gasteiger partial charge on any atom is -0.315 e. The monoisotopic (exact) mass is 414 g/mol. The first kappa shape index (κ1) is 13.5. The molecule has 0 saturated carbocycles. The molecule has 2 aliphatic heterocycles. The summed E-state index contributed by atoms with van der Waals surface area (Å²) in [5.74, 6) is 0.473. The third-order valence-corrected chi connectivity index (χ3v) is 8.29. The Bertz CT molecular complexity index is 572. The van der Waals surface area contributed by atoms with Gasteiger partial charge >= 0.3 is 0 Å². The summed E-state index contributed by atoms with van der Waals surface area (Å²) >= 11 is 8.07. The predicted octanol–water partition coefficient (Wildman–Crippen LogP) is 2.26. The van der Waals surface area contributed by atoms with Gasteiger partial charge in [-0.2, -0.15) is 4.31 Å². The average Bonchev–Trinajstić information content (AvgIpc) is 2.91. The molecule has 2 atom stereocenters. The molecule has 1 aromatic heterocycles. The van der Waals surface area contributed by atoms with Crippen LogP contribution in [-0.4, -0.2) is 38.4 Å². The number of sulfonamides is 1. The highest BCUT2D eigenvalue weighted by atomic mass is 79.9. The molecule has 0 amide bonds. The number of hydrogen-bond acceptors (Lipinski definition) is 4. The minimum atomic E-state index is -3.38. The predicted molar refractivity (Wildman–Crippen MR) is 78.4 cm³/mol. The van der Waals surface area contributed by atoms with Gasteiger partial charge in [-0.25, -0.2) is 8.42 Å². The first-order chi connectivity index (χ1) is 8.50. The van der Waals surface area contributed by atoms with Crippen molar-refractivity contribution in [2.45, 2.75) is 17.4 Å². The van der Waals surface area contributed by atoms with E-state index in [4.69, 9.17) is 0 Å². The summed E-state index contributed by atoms with van der Waals surface area (Å²) in [5.41, 5.74) is 0. The second-order valence-electron chi connectivity index (χ2n) is 4.58. The third kappa shape index (κ3) is 2.10. The number of thiophene rings is 1. The molecule has 3 heterocycles. The first-order valence-electron chi connectivity index (χ1n) is 5.67. The largest absolute Gasteiger partial charge is 0.315 e. The molecule has 4 nitrogen and oxygen atoms in total. The van der Waals surface area contributed by atoms with Crippen LogP contribution in [0.2, 0.25) is 0 Å². The molecule has 18 heavy (non-hydrogen) atoms. The molecular formula is C10H12Br2N2O2S2. The van der Waals surface area contributed by atoms with Crippen molar-refractivity contribution in [1.82, 2.24) is 9.62 Å². The van der Waals surface area contributed by atoms with E-state index < -0.39 is 10.0 Å². The van der Waals surface area contributed by atoms with Crippen molar-refractivity contribution in [3.05, 3.63) is 13.6 Å². The quantitative estimate of drug-likeness (QED) is 0.805. The zero-order valence-electron chi connectivity index (χ0n) is 9.40. The number of nitrogens with zero attached hydrogens (tertiary/aromatic N) is 1. The second kappa shape index (κ2) is 4.82. The summed E-state index contributed by atoms with van der Waals surface area (Å²) in [6.07, 6.45) is 0.958. The van der Waals surface area contributed by atoms with Crippen LogP contribution >= 0.6 is 43.2 Å². The van der Waals surface area contributed by atoms with Crippen molar-refractivity contribution in [3.8, 4) is 0 Å². The molecule has 2 fully saturated rings. The number of hydrogen-bond donors (Lipinski definition) is 1. The summed E-state index contributed by atoms with van der Waals surface area (Å²) in [7, 11) is -3.38. The van der Waals surface area contributed by atoms with Crippen molar-refractivity contribution in [1.29, 1.82) is 0 Å². The van der Waals surface area contributed by atoms with Crippen molar-refractivity contribution < 1.29 is 8.42 Å². The van der Waals surface area contributed by atoms with Gasteiger partial charge in [0.1, 0.15) is 4.90 Å². The van der Waals surface area contributed by atoms with Gasteiger partial charge < -0.3 is 5.32 Å². The van der Waals surface area contributed by atoms with Crippen LogP contribution in [0.25, 0.3) is 0 Å². The molecule has 0 radical (unpaired) electrons. The summed E-state index contributed by atoms with van der Waals surface area (Å²) in [6.45, 7) is 2.34. The van der Waals surface area contributed by atoms with Gasteiger partial charge in [0.05, 0.1) is 7.57 Å². The molecule has 0 aliphatic carbocycles. The van der Waals surface area contributed by atoms with Gasteiger partial charge in [0.15, 0.2) is 0 Å². The lowest BCUT2D eigenvalue weighted by atomic mass is 10.1. The third-order valence-electron chi connectivity index (χ3n) is 3.61.